The van der Waals surface area contributed by atoms with Crippen LogP contribution in [0.3, 0.4) is 0 Å². The van der Waals surface area contributed by atoms with Crippen LogP contribution in [0.4, 0.5) is 0 Å². The Bertz CT molecular complexity index is 215. The minimum absolute atomic E-state index is 0.390. The first-order valence-corrected chi connectivity index (χ1v) is 6.44. The molecule has 0 heterocycles. The lowest BCUT2D eigenvalue weighted by molar-refractivity contribution is -0.170. The van der Waals surface area contributed by atoms with Gasteiger partial charge in [0, 0.05) is 0 Å². The second-order valence-electron chi connectivity index (χ2n) is 5.27. The second-order valence-corrected chi connectivity index (χ2v) is 5.27. The van der Waals surface area contributed by atoms with E-state index in [1.54, 1.807) is 0 Å². The van der Waals surface area contributed by atoms with Crippen LogP contribution in [0.2, 0.25) is 0 Å². The average Bonchev–Trinajstić information content (AvgIpc) is 2.15. The van der Waals surface area contributed by atoms with Crippen LogP contribution in [-0.2, 0) is 9.53 Å². The van der Waals surface area contributed by atoms with E-state index in [2.05, 4.69) is 13.8 Å². The summed E-state index contributed by atoms with van der Waals surface area (Å²) in [6.07, 6.45) is 6.82. The average molecular weight is 228 g/mol. The van der Waals surface area contributed by atoms with Gasteiger partial charge in [0.05, 0.1) is 6.61 Å². The molecule has 1 fully saturated rings. The van der Waals surface area contributed by atoms with Crippen LogP contribution in [0.25, 0.3) is 0 Å². The molecular weight excluding hydrogens is 204 g/mol. The lowest BCUT2D eigenvalue weighted by atomic mass is 9.86. The molecule has 0 amide bonds. The third kappa shape index (κ3) is 3.78. The van der Waals surface area contributed by atoms with Crippen LogP contribution >= 0.6 is 0 Å². The Morgan fingerprint density at radius 1 is 1.19 bits per heavy atom. The van der Waals surface area contributed by atoms with Crippen molar-refractivity contribution in [3.63, 3.8) is 0 Å². The molecule has 0 spiro atoms. The lowest BCUT2D eigenvalue weighted by Gasteiger charge is -2.32. The van der Waals surface area contributed by atoms with Crippen LogP contribution in [0.15, 0.2) is 0 Å². The molecule has 1 aliphatic carbocycles. The molecule has 0 unspecified atom stereocenters. The second kappa shape index (κ2) is 6.24. The zero-order valence-corrected chi connectivity index (χ0v) is 10.5. The van der Waals surface area contributed by atoms with Gasteiger partial charge in [0.15, 0.2) is 5.60 Å². The van der Waals surface area contributed by atoms with Gasteiger partial charge in [0.1, 0.15) is 0 Å². The molecule has 1 aliphatic rings. The van der Waals surface area contributed by atoms with E-state index in [0.29, 0.717) is 25.4 Å². The summed E-state index contributed by atoms with van der Waals surface area (Å²) in [5.74, 6) is -0.378. The summed E-state index contributed by atoms with van der Waals surface area (Å²) in [6, 6.07) is 0. The molecule has 1 saturated carbocycles. The fourth-order valence-corrected chi connectivity index (χ4v) is 2.22. The molecular formula is C13H24O3. The maximum atomic E-state index is 11.4. The van der Waals surface area contributed by atoms with Gasteiger partial charge in [0.25, 0.3) is 0 Å². The number of carbonyl (C=O) groups is 1. The number of ether oxygens (including phenoxy) is 1. The summed E-state index contributed by atoms with van der Waals surface area (Å²) in [5, 5.41) is 9.39. The van der Waals surface area contributed by atoms with Crippen molar-refractivity contribution < 1.29 is 14.6 Å². The summed E-state index contributed by atoms with van der Waals surface area (Å²) >= 11 is 0. The molecule has 1 N–H and O–H groups in total. The molecule has 1 rings (SSSR count). The molecule has 0 bridgehead atoms. The summed E-state index contributed by atoms with van der Waals surface area (Å²) in [4.78, 5) is 11.4. The number of carboxylic acids is 1. The number of hydrogen-bond donors (Lipinski definition) is 1. The molecule has 0 atom stereocenters. The highest BCUT2D eigenvalue weighted by atomic mass is 16.5. The van der Waals surface area contributed by atoms with E-state index in [1.165, 1.54) is 6.42 Å². The van der Waals surface area contributed by atoms with E-state index in [-0.39, 0.29) is 0 Å². The lowest BCUT2D eigenvalue weighted by Crippen LogP contribution is -2.43. The first-order chi connectivity index (χ1) is 7.57. The van der Waals surface area contributed by atoms with Crippen molar-refractivity contribution in [1.29, 1.82) is 0 Å². The van der Waals surface area contributed by atoms with E-state index in [4.69, 9.17) is 4.74 Å². The number of rotatable bonds is 4. The zero-order valence-electron chi connectivity index (χ0n) is 10.5. The highest BCUT2D eigenvalue weighted by Crippen LogP contribution is 2.30. The van der Waals surface area contributed by atoms with Crippen LogP contribution < -0.4 is 0 Å². The maximum Gasteiger partial charge on any atom is 0.335 e. The van der Waals surface area contributed by atoms with Gasteiger partial charge in [-0.25, -0.2) is 4.79 Å². The summed E-state index contributed by atoms with van der Waals surface area (Å²) in [6.45, 7) is 4.66. The fourth-order valence-electron chi connectivity index (χ4n) is 2.22. The van der Waals surface area contributed by atoms with Crippen LogP contribution in [0.5, 0.6) is 0 Å². The van der Waals surface area contributed by atoms with Gasteiger partial charge in [-0.1, -0.05) is 33.1 Å². The van der Waals surface area contributed by atoms with E-state index in [1.807, 2.05) is 0 Å². The van der Waals surface area contributed by atoms with E-state index in [0.717, 1.165) is 25.7 Å². The van der Waals surface area contributed by atoms with Gasteiger partial charge in [-0.05, 0) is 31.6 Å². The highest BCUT2D eigenvalue weighted by Gasteiger charge is 2.39. The molecule has 0 aromatic heterocycles. The first-order valence-electron chi connectivity index (χ1n) is 6.44. The van der Waals surface area contributed by atoms with Gasteiger partial charge in [-0.2, -0.15) is 0 Å². The number of aliphatic carboxylic acids is 1. The van der Waals surface area contributed by atoms with Crippen LogP contribution in [0, 0.1) is 5.92 Å². The maximum absolute atomic E-state index is 11.4. The van der Waals surface area contributed by atoms with Crippen molar-refractivity contribution in [3.05, 3.63) is 0 Å². The normalized spacial score (nSPS) is 21.4. The molecule has 0 aromatic rings. The summed E-state index contributed by atoms with van der Waals surface area (Å²) < 4.78 is 5.73. The molecule has 3 nitrogen and oxygen atoms in total. The minimum atomic E-state index is -0.898. The molecule has 0 saturated heterocycles. The Hall–Kier alpha value is -0.570. The van der Waals surface area contributed by atoms with Crippen molar-refractivity contribution in [2.75, 3.05) is 6.61 Å². The Labute approximate surface area is 98.2 Å². The van der Waals surface area contributed by atoms with Gasteiger partial charge in [-0.15, -0.1) is 0 Å². The molecule has 94 valence electrons. The molecule has 16 heavy (non-hydrogen) atoms. The fraction of sp³-hybridized carbons (Fsp3) is 0.923. The van der Waals surface area contributed by atoms with Crippen LogP contribution in [-0.4, -0.2) is 23.3 Å². The van der Waals surface area contributed by atoms with Crippen molar-refractivity contribution in [3.8, 4) is 0 Å². The Morgan fingerprint density at radius 3 is 2.12 bits per heavy atom. The third-order valence-electron chi connectivity index (χ3n) is 3.24. The standard InChI is InChI=1S/C13H24O3/c1-11(2)10-16-13(12(14)15)8-6-4-3-5-7-9-13/h11H,3-10H2,1-2H3,(H,14,15). The van der Waals surface area contributed by atoms with Crippen molar-refractivity contribution in [2.24, 2.45) is 5.92 Å². The molecule has 0 aliphatic heterocycles. The summed E-state index contributed by atoms with van der Waals surface area (Å²) in [7, 11) is 0. The predicted octanol–water partition coefficient (Wildman–Crippen LogP) is 3.23. The Kier molecular flexibility index (Phi) is 5.26. The predicted molar refractivity (Wildman–Crippen MR) is 63.5 cm³/mol. The monoisotopic (exact) mass is 228 g/mol. The van der Waals surface area contributed by atoms with E-state index >= 15 is 0 Å². The largest absolute Gasteiger partial charge is 0.479 e. The van der Waals surface area contributed by atoms with Crippen molar-refractivity contribution >= 4 is 5.97 Å². The SMILES string of the molecule is CC(C)COC1(C(=O)O)CCCCCCC1. The first kappa shape index (κ1) is 13.5. The van der Waals surface area contributed by atoms with Gasteiger partial charge in [-0.3, -0.25) is 0 Å². The number of carboxylic acid groups (broad SMARTS) is 1. The van der Waals surface area contributed by atoms with Crippen molar-refractivity contribution in [1.82, 2.24) is 0 Å². The van der Waals surface area contributed by atoms with Crippen LogP contribution in [0.1, 0.15) is 58.8 Å². The van der Waals surface area contributed by atoms with E-state index < -0.39 is 11.6 Å². The van der Waals surface area contributed by atoms with Crippen molar-refractivity contribution in [2.45, 2.75) is 64.4 Å². The molecule has 0 aromatic carbocycles. The smallest absolute Gasteiger partial charge is 0.335 e. The van der Waals surface area contributed by atoms with Gasteiger partial charge in [0.2, 0.25) is 0 Å². The Morgan fingerprint density at radius 2 is 1.69 bits per heavy atom. The van der Waals surface area contributed by atoms with Gasteiger partial charge < -0.3 is 9.84 Å². The van der Waals surface area contributed by atoms with E-state index in [9.17, 15) is 9.90 Å². The molecule has 0 radical (unpaired) electrons. The number of hydrogen-bond acceptors (Lipinski definition) is 2. The Balaban J connectivity index is 2.63. The van der Waals surface area contributed by atoms with Gasteiger partial charge >= 0.3 is 5.97 Å². The third-order valence-corrected chi connectivity index (χ3v) is 3.24. The topological polar surface area (TPSA) is 46.5 Å². The minimum Gasteiger partial charge on any atom is -0.479 e. The highest BCUT2D eigenvalue weighted by molar-refractivity contribution is 5.77. The zero-order chi connectivity index (χ0) is 12.0. The molecule has 3 heteroatoms. The quantitative estimate of drug-likeness (QED) is 0.803. The summed E-state index contributed by atoms with van der Waals surface area (Å²) in [5.41, 5.74) is -0.898.